The fourth-order valence-corrected chi connectivity index (χ4v) is 3.52. The van der Waals surface area contributed by atoms with Crippen molar-refractivity contribution in [3.8, 4) is 34.2 Å². The minimum atomic E-state index is -1.33. The van der Waals surface area contributed by atoms with E-state index in [-0.39, 0.29) is 46.6 Å². The van der Waals surface area contributed by atoms with Gasteiger partial charge in [0.05, 0.1) is 12.0 Å². The van der Waals surface area contributed by atoms with Gasteiger partial charge in [0, 0.05) is 22.9 Å². The predicted molar refractivity (Wildman–Crippen MR) is 138 cm³/mol. The zero-order valence-corrected chi connectivity index (χ0v) is 20.2. The smallest absolute Gasteiger partial charge is 0.292 e. The number of carbonyl (C=O) groups excluding carboxylic acids is 2. The number of hydrogen-bond donors (Lipinski definition) is 4. The number of nitrogens with one attached hydrogen (secondary N) is 2. The third kappa shape index (κ3) is 5.92. The molecule has 0 radical (unpaired) electrons. The SMILES string of the molecule is C[C@@](N)(C=O)Nc1cccc(-c2cc(-c3ccc(F)cc3O)nc(NC(=O)c3ccco3)c2C#N)c1.Cl. The van der Waals surface area contributed by atoms with E-state index in [9.17, 15) is 24.3 Å². The standard InChI is InChI=1S/C26H20FN5O4.ClH/c1-26(29,14-33)32-17-5-2-4-15(10-17)19-12-21(18-8-7-16(27)11-22(18)34)30-24(20(19)13-28)31-25(35)23-6-3-9-36-23;/h2-12,14,32,34H,29H2,1H3,(H,30,31,35);1H/t26-;/m0./s1. The number of halogens is 2. The topological polar surface area (TPSA) is 154 Å². The number of nitrogens with two attached hydrogens (primary N) is 1. The lowest BCUT2D eigenvalue weighted by molar-refractivity contribution is -0.111. The molecule has 0 bridgehead atoms. The van der Waals surface area contributed by atoms with Crippen LogP contribution < -0.4 is 16.4 Å². The molecule has 2 aromatic carbocycles. The molecule has 11 heteroatoms. The van der Waals surface area contributed by atoms with E-state index in [4.69, 9.17) is 10.2 Å². The maximum absolute atomic E-state index is 13.6. The highest BCUT2D eigenvalue weighted by atomic mass is 35.5. The van der Waals surface area contributed by atoms with Gasteiger partial charge in [0.15, 0.2) is 17.9 Å². The van der Waals surface area contributed by atoms with Crippen LogP contribution in [0.25, 0.3) is 22.4 Å². The van der Waals surface area contributed by atoms with Crippen molar-refractivity contribution in [1.29, 1.82) is 5.26 Å². The normalized spacial score (nSPS) is 11.9. The summed E-state index contributed by atoms with van der Waals surface area (Å²) in [6.45, 7) is 1.50. The Kier molecular flexibility index (Phi) is 7.92. The number of aromatic hydroxyl groups is 1. The molecule has 9 nitrogen and oxygen atoms in total. The number of anilines is 2. The van der Waals surface area contributed by atoms with Crippen LogP contribution in [0.4, 0.5) is 15.9 Å². The van der Waals surface area contributed by atoms with Crippen molar-refractivity contribution >= 4 is 36.1 Å². The van der Waals surface area contributed by atoms with Crippen LogP contribution in [-0.2, 0) is 4.79 Å². The van der Waals surface area contributed by atoms with Gasteiger partial charge in [0.1, 0.15) is 28.9 Å². The number of furan rings is 1. The Hall–Kier alpha value is -4.72. The summed E-state index contributed by atoms with van der Waals surface area (Å²) in [5.41, 5.74) is 6.32. The first-order chi connectivity index (χ1) is 17.2. The third-order valence-electron chi connectivity index (χ3n) is 5.18. The summed E-state index contributed by atoms with van der Waals surface area (Å²) in [6.07, 6.45) is 1.89. The lowest BCUT2D eigenvalue weighted by Gasteiger charge is -2.21. The molecule has 0 aliphatic heterocycles. The summed E-state index contributed by atoms with van der Waals surface area (Å²) in [7, 11) is 0. The Morgan fingerprint density at radius 3 is 2.62 bits per heavy atom. The summed E-state index contributed by atoms with van der Waals surface area (Å²) in [6, 6.07) is 16.8. The molecule has 1 amide bonds. The molecule has 0 aliphatic carbocycles. The molecule has 37 heavy (non-hydrogen) atoms. The Morgan fingerprint density at radius 1 is 1.19 bits per heavy atom. The average Bonchev–Trinajstić information content (AvgIpc) is 3.39. The highest BCUT2D eigenvalue weighted by Crippen LogP contribution is 2.36. The van der Waals surface area contributed by atoms with Crippen LogP contribution in [0.2, 0.25) is 0 Å². The quantitative estimate of drug-likeness (QED) is 0.202. The number of amides is 1. The Bertz CT molecular complexity index is 1500. The molecule has 5 N–H and O–H groups in total. The van der Waals surface area contributed by atoms with E-state index in [0.29, 0.717) is 23.1 Å². The summed E-state index contributed by atoms with van der Waals surface area (Å²) < 4.78 is 18.7. The molecule has 2 aromatic heterocycles. The van der Waals surface area contributed by atoms with Crippen LogP contribution in [0.15, 0.2) is 71.3 Å². The second-order valence-corrected chi connectivity index (χ2v) is 8.09. The van der Waals surface area contributed by atoms with Gasteiger partial charge in [-0.25, -0.2) is 9.37 Å². The van der Waals surface area contributed by atoms with Gasteiger partial charge in [-0.3, -0.25) is 9.59 Å². The number of aldehydes is 1. The zero-order chi connectivity index (χ0) is 25.9. The molecule has 0 spiro atoms. The Labute approximate surface area is 217 Å². The van der Waals surface area contributed by atoms with Gasteiger partial charge in [-0.1, -0.05) is 12.1 Å². The number of aromatic nitrogens is 1. The lowest BCUT2D eigenvalue weighted by Crippen LogP contribution is -2.46. The van der Waals surface area contributed by atoms with Crippen LogP contribution in [0.5, 0.6) is 5.75 Å². The zero-order valence-electron chi connectivity index (χ0n) is 19.4. The van der Waals surface area contributed by atoms with Gasteiger partial charge in [0.2, 0.25) is 0 Å². The van der Waals surface area contributed by atoms with E-state index in [1.54, 1.807) is 24.3 Å². The number of carbonyl (C=O) groups is 2. The summed E-state index contributed by atoms with van der Waals surface area (Å²) in [4.78, 5) is 28.3. The van der Waals surface area contributed by atoms with Gasteiger partial charge in [-0.15, -0.1) is 12.4 Å². The Balaban J connectivity index is 0.00000380. The van der Waals surface area contributed by atoms with E-state index in [2.05, 4.69) is 21.7 Å². The first-order valence-corrected chi connectivity index (χ1v) is 10.6. The van der Waals surface area contributed by atoms with Gasteiger partial charge >= 0.3 is 0 Å². The fraction of sp³-hybridized carbons (Fsp3) is 0.0769. The van der Waals surface area contributed by atoms with Gasteiger partial charge in [0.25, 0.3) is 5.91 Å². The van der Waals surface area contributed by atoms with Crippen molar-refractivity contribution in [3.63, 3.8) is 0 Å². The Morgan fingerprint density at radius 2 is 1.97 bits per heavy atom. The van der Waals surface area contributed by atoms with Crippen LogP contribution in [-0.4, -0.2) is 27.9 Å². The molecule has 2 heterocycles. The number of nitriles is 1. The number of nitrogens with zero attached hydrogens (tertiary/aromatic N) is 2. The van der Waals surface area contributed by atoms with Crippen molar-refractivity contribution in [1.82, 2.24) is 4.98 Å². The number of benzene rings is 2. The number of rotatable bonds is 7. The predicted octanol–water partition coefficient (Wildman–Crippen LogP) is 4.68. The number of phenols is 1. The molecule has 4 rings (SSSR count). The number of pyridine rings is 1. The highest BCUT2D eigenvalue weighted by Gasteiger charge is 2.21. The average molecular weight is 522 g/mol. The largest absolute Gasteiger partial charge is 0.507 e. The van der Waals surface area contributed by atoms with Gasteiger partial charge in [-0.05, 0) is 55.0 Å². The molecule has 0 aliphatic rings. The van der Waals surface area contributed by atoms with Crippen molar-refractivity contribution < 1.29 is 23.5 Å². The number of phenolic OH excluding ortho intramolecular Hbond substituents is 1. The summed E-state index contributed by atoms with van der Waals surface area (Å²) in [5, 5.41) is 25.8. The molecule has 1 atom stereocenters. The fourth-order valence-electron chi connectivity index (χ4n) is 3.52. The van der Waals surface area contributed by atoms with Crippen molar-refractivity contribution in [3.05, 3.63) is 84.1 Å². The lowest BCUT2D eigenvalue weighted by atomic mass is 9.97. The molecular formula is C26H21ClFN5O4. The second kappa shape index (κ2) is 10.9. The molecule has 4 aromatic rings. The molecule has 0 saturated carbocycles. The van der Waals surface area contributed by atoms with Gasteiger partial charge < -0.3 is 25.9 Å². The summed E-state index contributed by atoms with van der Waals surface area (Å²) >= 11 is 0. The van der Waals surface area contributed by atoms with Crippen LogP contribution >= 0.6 is 12.4 Å². The highest BCUT2D eigenvalue weighted by molar-refractivity contribution is 6.03. The van der Waals surface area contributed by atoms with E-state index in [1.807, 2.05) is 0 Å². The molecule has 0 unspecified atom stereocenters. The third-order valence-corrected chi connectivity index (χ3v) is 5.18. The van der Waals surface area contributed by atoms with Crippen molar-refractivity contribution in [2.45, 2.75) is 12.6 Å². The second-order valence-electron chi connectivity index (χ2n) is 8.09. The molecule has 0 fully saturated rings. The van der Waals surface area contributed by atoms with Crippen LogP contribution in [0.3, 0.4) is 0 Å². The maximum Gasteiger partial charge on any atom is 0.292 e. The van der Waals surface area contributed by atoms with E-state index in [0.717, 1.165) is 12.1 Å². The first kappa shape index (κ1) is 26.9. The maximum atomic E-state index is 13.6. The minimum absolute atomic E-state index is 0. The summed E-state index contributed by atoms with van der Waals surface area (Å²) in [5.74, 6) is -1.75. The van der Waals surface area contributed by atoms with E-state index >= 15 is 0 Å². The molecular weight excluding hydrogens is 501 g/mol. The van der Waals surface area contributed by atoms with E-state index in [1.165, 1.54) is 37.5 Å². The van der Waals surface area contributed by atoms with Gasteiger partial charge in [-0.2, -0.15) is 5.26 Å². The minimum Gasteiger partial charge on any atom is -0.507 e. The van der Waals surface area contributed by atoms with Crippen molar-refractivity contribution in [2.75, 3.05) is 10.6 Å². The van der Waals surface area contributed by atoms with E-state index < -0.39 is 17.4 Å². The van der Waals surface area contributed by atoms with Crippen LogP contribution in [0, 0.1) is 17.1 Å². The number of hydrogen-bond acceptors (Lipinski definition) is 8. The van der Waals surface area contributed by atoms with Crippen molar-refractivity contribution in [2.24, 2.45) is 5.73 Å². The van der Waals surface area contributed by atoms with Crippen LogP contribution in [0.1, 0.15) is 23.0 Å². The first-order valence-electron chi connectivity index (χ1n) is 10.6. The monoisotopic (exact) mass is 521 g/mol. The molecule has 0 saturated heterocycles. The molecule has 188 valence electrons.